The average Bonchev–Trinajstić information content (AvgIpc) is 2.18. The van der Waals surface area contributed by atoms with Crippen LogP contribution in [0.5, 0.6) is 0 Å². The zero-order chi connectivity index (χ0) is 6.69. The van der Waals surface area contributed by atoms with E-state index in [1.807, 2.05) is 6.08 Å². The van der Waals surface area contributed by atoms with E-state index in [0.717, 1.165) is 12.8 Å². The van der Waals surface area contributed by atoms with Crippen molar-refractivity contribution in [2.75, 3.05) is 0 Å². The zero-order valence-electron chi connectivity index (χ0n) is 5.85. The standard InChI is InChI=1S/C9H12/c1-3-5-9-7-4-6-8(9)2/h3-4,6H,1,5,7H2,2H3. The van der Waals surface area contributed by atoms with Gasteiger partial charge in [0.05, 0.1) is 0 Å². The molecule has 0 unspecified atom stereocenters. The Hall–Kier alpha value is -0.780. The first kappa shape index (κ1) is 6.34. The third kappa shape index (κ3) is 1.32. The lowest BCUT2D eigenvalue weighted by Gasteiger charge is -1.96. The number of allylic oxidation sites excluding steroid dienone is 5. The van der Waals surface area contributed by atoms with Crippen LogP contribution < -0.4 is 0 Å². The lowest BCUT2D eigenvalue weighted by molar-refractivity contribution is 1.11. The summed E-state index contributed by atoms with van der Waals surface area (Å²) < 4.78 is 0. The van der Waals surface area contributed by atoms with Crippen LogP contribution in [0.2, 0.25) is 0 Å². The summed E-state index contributed by atoms with van der Waals surface area (Å²) in [5, 5.41) is 0. The van der Waals surface area contributed by atoms with Gasteiger partial charge in [-0.1, -0.05) is 29.4 Å². The predicted molar refractivity (Wildman–Crippen MR) is 41.3 cm³/mol. The van der Waals surface area contributed by atoms with Gasteiger partial charge in [0.15, 0.2) is 0 Å². The van der Waals surface area contributed by atoms with E-state index in [4.69, 9.17) is 0 Å². The summed E-state index contributed by atoms with van der Waals surface area (Å²) in [7, 11) is 0. The largest absolute Gasteiger partial charge is 0.103 e. The summed E-state index contributed by atoms with van der Waals surface area (Å²) in [6.07, 6.45) is 8.54. The van der Waals surface area contributed by atoms with Crippen LogP contribution in [-0.2, 0) is 0 Å². The molecule has 1 rings (SSSR count). The second-order valence-electron chi connectivity index (χ2n) is 2.39. The molecule has 0 saturated heterocycles. The number of hydrogen-bond donors (Lipinski definition) is 0. The van der Waals surface area contributed by atoms with Gasteiger partial charge < -0.3 is 0 Å². The lowest BCUT2D eigenvalue weighted by atomic mass is 10.1. The van der Waals surface area contributed by atoms with Gasteiger partial charge in [-0.15, -0.1) is 6.58 Å². The Morgan fingerprint density at radius 3 is 3.00 bits per heavy atom. The minimum atomic E-state index is 1.05. The molecule has 0 spiro atoms. The van der Waals surface area contributed by atoms with Gasteiger partial charge in [0.2, 0.25) is 0 Å². The highest BCUT2D eigenvalue weighted by molar-refractivity contribution is 5.32. The van der Waals surface area contributed by atoms with Crippen LogP contribution in [0.3, 0.4) is 0 Å². The molecule has 0 N–H and O–H groups in total. The van der Waals surface area contributed by atoms with Crippen LogP contribution in [0.25, 0.3) is 0 Å². The Morgan fingerprint density at radius 1 is 1.78 bits per heavy atom. The third-order valence-electron chi connectivity index (χ3n) is 1.68. The van der Waals surface area contributed by atoms with E-state index < -0.39 is 0 Å². The van der Waals surface area contributed by atoms with E-state index in [9.17, 15) is 0 Å². The van der Waals surface area contributed by atoms with Crippen LogP contribution in [0.4, 0.5) is 0 Å². The van der Waals surface area contributed by atoms with Crippen molar-refractivity contribution < 1.29 is 0 Å². The van der Waals surface area contributed by atoms with Gasteiger partial charge >= 0.3 is 0 Å². The van der Waals surface area contributed by atoms with Crippen molar-refractivity contribution in [3.05, 3.63) is 36.0 Å². The molecule has 0 bridgehead atoms. The Labute approximate surface area is 56.6 Å². The van der Waals surface area contributed by atoms with Crippen LogP contribution >= 0.6 is 0 Å². The normalized spacial score (nSPS) is 17.0. The first-order valence-corrected chi connectivity index (χ1v) is 3.30. The molecule has 1 aliphatic rings. The van der Waals surface area contributed by atoms with Crippen LogP contribution in [-0.4, -0.2) is 0 Å². The van der Waals surface area contributed by atoms with E-state index in [-0.39, 0.29) is 0 Å². The molecule has 0 atom stereocenters. The monoisotopic (exact) mass is 120 g/mol. The summed E-state index contributed by atoms with van der Waals surface area (Å²) in [6.45, 7) is 5.85. The second kappa shape index (κ2) is 2.67. The van der Waals surface area contributed by atoms with Crippen molar-refractivity contribution in [3.63, 3.8) is 0 Å². The van der Waals surface area contributed by atoms with Gasteiger partial charge in [0.1, 0.15) is 0 Å². The predicted octanol–water partition coefficient (Wildman–Crippen LogP) is 2.84. The third-order valence-corrected chi connectivity index (χ3v) is 1.68. The fourth-order valence-electron chi connectivity index (χ4n) is 1.08. The molecular formula is C9H12. The van der Waals surface area contributed by atoms with Gasteiger partial charge in [-0.05, 0) is 19.8 Å². The SMILES string of the molecule is C=CCC1=C(C)C=CC1. The smallest absolute Gasteiger partial charge is 0.0127 e. The summed E-state index contributed by atoms with van der Waals surface area (Å²) in [4.78, 5) is 0. The Kier molecular flexibility index (Phi) is 1.88. The molecule has 48 valence electrons. The van der Waals surface area contributed by atoms with E-state index in [2.05, 4.69) is 25.7 Å². The molecule has 0 aliphatic heterocycles. The maximum absolute atomic E-state index is 3.70. The second-order valence-corrected chi connectivity index (χ2v) is 2.39. The van der Waals surface area contributed by atoms with Crippen molar-refractivity contribution in [3.8, 4) is 0 Å². The first-order chi connectivity index (χ1) is 4.34. The van der Waals surface area contributed by atoms with E-state index in [0.29, 0.717) is 0 Å². The molecule has 0 aromatic carbocycles. The highest BCUT2D eigenvalue weighted by Crippen LogP contribution is 2.20. The summed E-state index contributed by atoms with van der Waals surface area (Å²) >= 11 is 0. The molecule has 0 amide bonds. The van der Waals surface area contributed by atoms with E-state index >= 15 is 0 Å². The first-order valence-electron chi connectivity index (χ1n) is 3.30. The summed E-state index contributed by atoms with van der Waals surface area (Å²) in [5.74, 6) is 0. The van der Waals surface area contributed by atoms with Crippen molar-refractivity contribution in [1.29, 1.82) is 0 Å². The molecule has 0 saturated carbocycles. The van der Waals surface area contributed by atoms with Gasteiger partial charge in [-0.2, -0.15) is 0 Å². The van der Waals surface area contributed by atoms with Crippen molar-refractivity contribution in [2.45, 2.75) is 19.8 Å². The number of rotatable bonds is 2. The average molecular weight is 120 g/mol. The number of hydrogen-bond acceptors (Lipinski definition) is 0. The molecule has 9 heavy (non-hydrogen) atoms. The maximum atomic E-state index is 3.70. The van der Waals surface area contributed by atoms with Gasteiger partial charge in [0, 0.05) is 0 Å². The molecule has 0 nitrogen and oxygen atoms in total. The van der Waals surface area contributed by atoms with Crippen LogP contribution in [0, 0.1) is 0 Å². The highest BCUT2D eigenvalue weighted by atomic mass is 14.1. The quantitative estimate of drug-likeness (QED) is 0.491. The van der Waals surface area contributed by atoms with Crippen molar-refractivity contribution >= 4 is 0 Å². The van der Waals surface area contributed by atoms with Crippen LogP contribution in [0.1, 0.15) is 19.8 Å². The van der Waals surface area contributed by atoms with Crippen molar-refractivity contribution in [1.82, 2.24) is 0 Å². The molecule has 0 fully saturated rings. The molecule has 0 radical (unpaired) electrons. The Balaban J connectivity index is 2.61. The van der Waals surface area contributed by atoms with E-state index in [1.165, 1.54) is 11.1 Å². The molecule has 0 aromatic rings. The van der Waals surface area contributed by atoms with E-state index in [1.54, 1.807) is 0 Å². The molecular weight excluding hydrogens is 108 g/mol. The summed E-state index contributed by atoms with van der Waals surface area (Å²) in [6, 6.07) is 0. The van der Waals surface area contributed by atoms with Gasteiger partial charge in [-0.25, -0.2) is 0 Å². The van der Waals surface area contributed by atoms with Gasteiger partial charge in [-0.3, -0.25) is 0 Å². The fourth-order valence-corrected chi connectivity index (χ4v) is 1.08. The van der Waals surface area contributed by atoms with Gasteiger partial charge in [0.25, 0.3) is 0 Å². The summed E-state index contributed by atoms with van der Waals surface area (Å²) in [5.41, 5.74) is 2.94. The molecule has 0 aromatic heterocycles. The molecule has 1 aliphatic carbocycles. The minimum Gasteiger partial charge on any atom is -0.103 e. The minimum absolute atomic E-state index is 1.05. The lowest BCUT2D eigenvalue weighted by Crippen LogP contribution is -1.76. The fraction of sp³-hybridized carbons (Fsp3) is 0.333. The van der Waals surface area contributed by atoms with Crippen LogP contribution in [0.15, 0.2) is 36.0 Å². The Bertz CT molecular complexity index is 170. The highest BCUT2D eigenvalue weighted by Gasteiger charge is 2.01. The van der Waals surface area contributed by atoms with Crippen molar-refractivity contribution in [2.24, 2.45) is 0 Å². The molecule has 0 heterocycles. The topological polar surface area (TPSA) is 0 Å². The maximum Gasteiger partial charge on any atom is -0.0127 e. The zero-order valence-corrected chi connectivity index (χ0v) is 5.85. The molecule has 0 heteroatoms. The Morgan fingerprint density at radius 2 is 2.56 bits per heavy atom.